The molecule has 2 unspecified atom stereocenters. The molecule has 7 heteroatoms. The number of hydrogen-bond acceptors (Lipinski definition) is 4. The number of amides is 1. The van der Waals surface area contributed by atoms with Crippen molar-refractivity contribution in [2.24, 2.45) is 16.8 Å². The minimum absolute atomic E-state index is 0.124. The van der Waals surface area contributed by atoms with Gasteiger partial charge in [0.25, 0.3) is 0 Å². The molecule has 1 aliphatic carbocycles. The van der Waals surface area contributed by atoms with E-state index in [-0.39, 0.29) is 11.7 Å². The van der Waals surface area contributed by atoms with E-state index in [0.717, 1.165) is 12.8 Å². The maximum Gasteiger partial charge on any atom is 0.240 e. The standard InChI is InChI=1S/C11H23N3O3S/c1-9-4-2-5-11(12,8-9)10(15)14-6-3-7-18(13,16)17/h9H,2-8,12H2,1H3,(H,14,15)(H2,13,16,17). The molecule has 0 radical (unpaired) electrons. The van der Waals surface area contributed by atoms with E-state index in [1.165, 1.54) is 0 Å². The molecular weight excluding hydrogens is 254 g/mol. The van der Waals surface area contributed by atoms with Crippen molar-refractivity contribution in [3.63, 3.8) is 0 Å². The second-order valence-electron chi connectivity index (χ2n) is 5.33. The fourth-order valence-electron chi connectivity index (χ4n) is 2.45. The smallest absolute Gasteiger partial charge is 0.240 e. The number of nitrogens with two attached hydrogens (primary N) is 2. The molecule has 0 aromatic carbocycles. The predicted molar refractivity (Wildman–Crippen MR) is 70.2 cm³/mol. The van der Waals surface area contributed by atoms with Crippen LogP contribution in [0.4, 0.5) is 0 Å². The summed E-state index contributed by atoms with van der Waals surface area (Å²) in [4.78, 5) is 12.0. The maximum absolute atomic E-state index is 12.0. The van der Waals surface area contributed by atoms with Gasteiger partial charge in [0.15, 0.2) is 0 Å². The van der Waals surface area contributed by atoms with Crippen LogP contribution in [0, 0.1) is 5.92 Å². The zero-order chi connectivity index (χ0) is 13.8. The van der Waals surface area contributed by atoms with E-state index in [0.29, 0.717) is 31.7 Å². The summed E-state index contributed by atoms with van der Waals surface area (Å²) in [5.41, 5.74) is 5.31. The Kier molecular flexibility index (Phi) is 5.12. The van der Waals surface area contributed by atoms with Crippen LogP contribution < -0.4 is 16.2 Å². The van der Waals surface area contributed by atoms with Crippen LogP contribution in [-0.4, -0.2) is 32.2 Å². The molecular formula is C11H23N3O3S. The van der Waals surface area contributed by atoms with Gasteiger partial charge in [-0.2, -0.15) is 0 Å². The highest BCUT2D eigenvalue weighted by atomic mass is 32.2. The predicted octanol–water partition coefficient (Wildman–Crippen LogP) is -0.311. The Morgan fingerprint density at radius 3 is 2.72 bits per heavy atom. The van der Waals surface area contributed by atoms with Crippen molar-refractivity contribution in [3.8, 4) is 0 Å². The van der Waals surface area contributed by atoms with Gasteiger partial charge in [0.2, 0.25) is 15.9 Å². The number of sulfonamides is 1. The second-order valence-corrected chi connectivity index (χ2v) is 7.07. The third-order valence-electron chi connectivity index (χ3n) is 3.38. The van der Waals surface area contributed by atoms with Gasteiger partial charge in [0.1, 0.15) is 0 Å². The lowest BCUT2D eigenvalue weighted by molar-refractivity contribution is -0.128. The topological polar surface area (TPSA) is 115 Å². The highest BCUT2D eigenvalue weighted by Gasteiger charge is 2.37. The number of carbonyl (C=O) groups excluding carboxylic acids is 1. The zero-order valence-electron chi connectivity index (χ0n) is 10.8. The van der Waals surface area contributed by atoms with E-state index in [1.807, 2.05) is 0 Å². The molecule has 2 atom stereocenters. The quantitative estimate of drug-likeness (QED) is 0.598. The van der Waals surface area contributed by atoms with Gasteiger partial charge < -0.3 is 11.1 Å². The molecule has 1 rings (SSSR count). The number of carbonyl (C=O) groups is 1. The highest BCUT2D eigenvalue weighted by Crippen LogP contribution is 2.30. The van der Waals surface area contributed by atoms with Crippen LogP contribution in [0.1, 0.15) is 39.0 Å². The number of primary sulfonamides is 1. The molecule has 0 saturated heterocycles. The van der Waals surface area contributed by atoms with Gasteiger partial charge in [-0.3, -0.25) is 4.79 Å². The average molecular weight is 277 g/mol. The highest BCUT2D eigenvalue weighted by molar-refractivity contribution is 7.89. The zero-order valence-corrected chi connectivity index (χ0v) is 11.6. The van der Waals surface area contributed by atoms with Gasteiger partial charge in [-0.05, 0) is 25.2 Å². The van der Waals surface area contributed by atoms with Gasteiger partial charge in [-0.15, -0.1) is 0 Å². The first-order chi connectivity index (χ1) is 8.23. The Bertz CT molecular complexity index is 396. The van der Waals surface area contributed by atoms with Crippen molar-refractivity contribution < 1.29 is 13.2 Å². The summed E-state index contributed by atoms with van der Waals surface area (Å²) in [5.74, 6) is 0.156. The molecule has 0 spiro atoms. The Balaban J connectivity index is 2.36. The van der Waals surface area contributed by atoms with E-state index >= 15 is 0 Å². The molecule has 0 heterocycles. The minimum atomic E-state index is -3.45. The summed E-state index contributed by atoms with van der Waals surface area (Å²) in [6.45, 7) is 2.39. The van der Waals surface area contributed by atoms with Gasteiger partial charge in [-0.1, -0.05) is 19.8 Å². The Morgan fingerprint density at radius 1 is 1.50 bits per heavy atom. The van der Waals surface area contributed by atoms with Crippen molar-refractivity contribution in [1.29, 1.82) is 0 Å². The largest absolute Gasteiger partial charge is 0.354 e. The van der Waals surface area contributed by atoms with Crippen LogP contribution in [0.2, 0.25) is 0 Å². The SMILES string of the molecule is CC1CCCC(N)(C(=O)NCCCS(N)(=O)=O)C1. The Hall–Kier alpha value is -0.660. The van der Waals surface area contributed by atoms with Crippen LogP contribution in [0.25, 0.3) is 0 Å². The third kappa shape index (κ3) is 4.91. The maximum atomic E-state index is 12.0. The molecule has 6 nitrogen and oxygen atoms in total. The molecule has 0 aromatic rings. The van der Waals surface area contributed by atoms with Crippen LogP contribution in [0.5, 0.6) is 0 Å². The fourth-order valence-corrected chi connectivity index (χ4v) is 3.00. The molecule has 0 aliphatic heterocycles. The van der Waals surface area contributed by atoms with Gasteiger partial charge in [0, 0.05) is 6.54 Å². The van der Waals surface area contributed by atoms with E-state index in [2.05, 4.69) is 12.2 Å². The van der Waals surface area contributed by atoms with E-state index in [9.17, 15) is 13.2 Å². The van der Waals surface area contributed by atoms with Gasteiger partial charge >= 0.3 is 0 Å². The monoisotopic (exact) mass is 277 g/mol. The Labute approximate surface area is 109 Å². The number of hydrogen-bond donors (Lipinski definition) is 3. The summed E-state index contributed by atoms with van der Waals surface area (Å²) in [6, 6.07) is 0. The third-order valence-corrected chi connectivity index (χ3v) is 4.23. The molecule has 1 aliphatic rings. The molecule has 0 bridgehead atoms. The van der Waals surface area contributed by atoms with Crippen molar-refractivity contribution in [1.82, 2.24) is 5.32 Å². The fraction of sp³-hybridized carbons (Fsp3) is 0.909. The molecule has 1 saturated carbocycles. The van der Waals surface area contributed by atoms with Crippen LogP contribution in [0.3, 0.4) is 0 Å². The molecule has 1 amide bonds. The number of rotatable bonds is 5. The minimum Gasteiger partial charge on any atom is -0.354 e. The van der Waals surface area contributed by atoms with Gasteiger partial charge in [0.05, 0.1) is 11.3 Å². The van der Waals surface area contributed by atoms with Crippen molar-refractivity contribution in [2.45, 2.75) is 44.6 Å². The first kappa shape index (κ1) is 15.4. The number of nitrogens with one attached hydrogen (secondary N) is 1. The molecule has 18 heavy (non-hydrogen) atoms. The lowest BCUT2D eigenvalue weighted by atomic mass is 9.76. The van der Waals surface area contributed by atoms with Crippen molar-refractivity contribution >= 4 is 15.9 Å². The summed E-state index contributed by atoms with van der Waals surface area (Å²) in [5, 5.41) is 7.58. The first-order valence-electron chi connectivity index (χ1n) is 6.31. The summed E-state index contributed by atoms with van der Waals surface area (Å²) in [6.07, 6.45) is 3.77. The molecule has 0 aromatic heterocycles. The van der Waals surface area contributed by atoms with Crippen molar-refractivity contribution in [2.75, 3.05) is 12.3 Å². The van der Waals surface area contributed by atoms with Crippen LogP contribution in [0.15, 0.2) is 0 Å². The molecule has 106 valence electrons. The summed E-state index contributed by atoms with van der Waals surface area (Å²) in [7, 11) is -3.45. The molecule has 1 fully saturated rings. The normalized spacial score (nSPS) is 28.9. The van der Waals surface area contributed by atoms with Crippen LogP contribution >= 0.6 is 0 Å². The van der Waals surface area contributed by atoms with E-state index in [1.54, 1.807) is 0 Å². The first-order valence-corrected chi connectivity index (χ1v) is 8.02. The Morgan fingerprint density at radius 2 is 2.17 bits per heavy atom. The average Bonchev–Trinajstić information content (AvgIpc) is 2.22. The second kappa shape index (κ2) is 5.99. The lowest BCUT2D eigenvalue weighted by Crippen LogP contribution is -2.56. The molecule has 5 N–H and O–H groups in total. The van der Waals surface area contributed by atoms with Crippen LogP contribution in [-0.2, 0) is 14.8 Å². The lowest BCUT2D eigenvalue weighted by Gasteiger charge is -2.35. The van der Waals surface area contributed by atoms with E-state index in [4.69, 9.17) is 10.9 Å². The van der Waals surface area contributed by atoms with Gasteiger partial charge in [-0.25, -0.2) is 13.6 Å². The van der Waals surface area contributed by atoms with E-state index < -0.39 is 15.6 Å². The summed E-state index contributed by atoms with van der Waals surface area (Å²) >= 11 is 0. The summed E-state index contributed by atoms with van der Waals surface area (Å²) < 4.78 is 21.4. The van der Waals surface area contributed by atoms with Crippen molar-refractivity contribution in [3.05, 3.63) is 0 Å².